The molecular weight excluding hydrogens is 344 g/mol. The van der Waals surface area contributed by atoms with Crippen LogP contribution in [0.15, 0.2) is 57.7 Å². The van der Waals surface area contributed by atoms with Gasteiger partial charge in [-0.3, -0.25) is 0 Å². The van der Waals surface area contributed by atoms with E-state index in [1.807, 2.05) is 19.1 Å². The molecule has 0 saturated heterocycles. The zero-order valence-corrected chi connectivity index (χ0v) is 14.2. The molecule has 0 radical (unpaired) electrons. The molecule has 5 nitrogen and oxygen atoms in total. The highest BCUT2D eigenvalue weighted by Gasteiger charge is 2.10. The number of benzene rings is 2. The largest absolute Gasteiger partial charge is 0.482 e. The molecule has 1 heterocycles. The lowest BCUT2D eigenvalue weighted by Gasteiger charge is -2.09. The fraction of sp³-hybridized carbons (Fsp3) is 0.158. The molecule has 6 heteroatoms. The maximum Gasteiger partial charge on any atom is 0.344 e. The van der Waals surface area contributed by atoms with Crippen molar-refractivity contribution in [2.24, 2.45) is 0 Å². The molecule has 0 aliphatic rings. The van der Waals surface area contributed by atoms with Crippen molar-refractivity contribution in [3.8, 4) is 5.75 Å². The van der Waals surface area contributed by atoms with Gasteiger partial charge in [0.2, 0.25) is 0 Å². The molecule has 128 valence electrons. The molecule has 0 bridgehead atoms. The number of rotatable bonds is 5. The third-order valence-electron chi connectivity index (χ3n) is 3.53. The Morgan fingerprint density at radius 1 is 1.16 bits per heavy atom. The average molecular weight is 359 g/mol. The molecule has 0 aliphatic carbocycles. The Labute approximate surface area is 148 Å². The number of hydrogen-bond donors (Lipinski definition) is 0. The van der Waals surface area contributed by atoms with E-state index in [1.165, 1.54) is 6.07 Å². The van der Waals surface area contributed by atoms with E-state index in [9.17, 15) is 9.59 Å². The summed E-state index contributed by atoms with van der Waals surface area (Å²) in [5, 5.41) is 1.25. The number of carbonyl (C=O) groups is 1. The molecule has 0 atom stereocenters. The van der Waals surface area contributed by atoms with Crippen LogP contribution in [0.25, 0.3) is 11.0 Å². The maximum absolute atomic E-state index is 11.9. The van der Waals surface area contributed by atoms with Crippen molar-refractivity contribution >= 4 is 28.5 Å². The predicted octanol–water partition coefficient (Wildman–Crippen LogP) is 3.88. The minimum Gasteiger partial charge on any atom is -0.482 e. The molecule has 0 fully saturated rings. The third kappa shape index (κ3) is 4.39. The van der Waals surface area contributed by atoms with Gasteiger partial charge in [0.05, 0.1) is 0 Å². The number of esters is 1. The van der Waals surface area contributed by atoms with Crippen LogP contribution in [0.1, 0.15) is 11.1 Å². The highest BCUT2D eigenvalue weighted by molar-refractivity contribution is 6.30. The summed E-state index contributed by atoms with van der Waals surface area (Å²) in [7, 11) is 0. The summed E-state index contributed by atoms with van der Waals surface area (Å²) in [6.45, 7) is 1.61. The first-order chi connectivity index (χ1) is 12.0. The topological polar surface area (TPSA) is 65.7 Å². The van der Waals surface area contributed by atoms with Crippen LogP contribution in [0.4, 0.5) is 0 Å². The van der Waals surface area contributed by atoms with Crippen LogP contribution in [-0.4, -0.2) is 12.6 Å². The molecule has 0 amide bonds. The van der Waals surface area contributed by atoms with Crippen molar-refractivity contribution < 1.29 is 18.7 Å². The Hall–Kier alpha value is -2.79. The number of hydrogen-bond acceptors (Lipinski definition) is 5. The summed E-state index contributed by atoms with van der Waals surface area (Å²) in [5.74, 6) is -0.0702. The number of halogens is 1. The summed E-state index contributed by atoms with van der Waals surface area (Å²) in [4.78, 5) is 23.5. The summed E-state index contributed by atoms with van der Waals surface area (Å²) >= 11 is 5.85. The first kappa shape index (κ1) is 17.0. The predicted molar refractivity (Wildman–Crippen MR) is 94.0 cm³/mol. The zero-order valence-electron chi connectivity index (χ0n) is 13.5. The number of carbonyl (C=O) groups excluding carboxylic acids is 1. The van der Waals surface area contributed by atoms with Gasteiger partial charge in [0.1, 0.15) is 17.9 Å². The van der Waals surface area contributed by atoms with E-state index in [0.717, 1.165) is 10.9 Å². The molecule has 0 spiro atoms. The van der Waals surface area contributed by atoms with E-state index >= 15 is 0 Å². The van der Waals surface area contributed by atoms with Gasteiger partial charge in [0.25, 0.3) is 0 Å². The second-order valence-corrected chi connectivity index (χ2v) is 5.93. The van der Waals surface area contributed by atoms with Crippen molar-refractivity contribution in [1.29, 1.82) is 0 Å². The quantitative estimate of drug-likeness (QED) is 0.511. The number of fused-ring (bicyclic) bond motifs is 1. The van der Waals surface area contributed by atoms with Crippen molar-refractivity contribution in [3.63, 3.8) is 0 Å². The van der Waals surface area contributed by atoms with E-state index in [2.05, 4.69) is 0 Å². The van der Waals surface area contributed by atoms with Gasteiger partial charge in [0, 0.05) is 22.0 Å². The van der Waals surface area contributed by atoms with Crippen molar-refractivity contribution in [1.82, 2.24) is 0 Å². The van der Waals surface area contributed by atoms with Gasteiger partial charge in [-0.1, -0.05) is 29.8 Å². The Bertz CT molecular complexity index is 977. The van der Waals surface area contributed by atoms with Crippen LogP contribution < -0.4 is 10.4 Å². The Kier molecular flexibility index (Phi) is 5.05. The van der Waals surface area contributed by atoms with E-state index < -0.39 is 11.6 Å². The van der Waals surface area contributed by atoms with Crippen LogP contribution in [0.3, 0.4) is 0 Å². The Morgan fingerprint density at radius 3 is 2.80 bits per heavy atom. The van der Waals surface area contributed by atoms with E-state index in [-0.39, 0.29) is 13.2 Å². The molecule has 2 aromatic carbocycles. The van der Waals surface area contributed by atoms with Crippen LogP contribution >= 0.6 is 11.6 Å². The Balaban J connectivity index is 1.66. The highest BCUT2D eigenvalue weighted by atomic mass is 35.5. The first-order valence-corrected chi connectivity index (χ1v) is 7.96. The molecule has 0 aliphatic heterocycles. The van der Waals surface area contributed by atoms with Gasteiger partial charge >= 0.3 is 11.6 Å². The molecule has 0 N–H and O–H groups in total. The molecular formula is C19H15ClO5. The second-order valence-electron chi connectivity index (χ2n) is 5.50. The lowest BCUT2D eigenvalue weighted by molar-refractivity contribution is -0.147. The number of aryl methyl sites for hydroxylation is 1. The van der Waals surface area contributed by atoms with E-state index in [4.69, 9.17) is 25.5 Å². The van der Waals surface area contributed by atoms with Gasteiger partial charge in [-0.25, -0.2) is 9.59 Å². The van der Waals surface area contributed by atoms with Gasteiger partial charge in [-0.05, 0) is 36.8 Å². The summed E-state index contributed by atoms with van der Waals surface area (Å²) in [6.07, 6.45) is 0. The third-order valence-corrected chi connectivity index (χ3v) is 3.76. The molecule has 3 rings (SSSR count). The smallest absolute Gasteiger partial charge is 0.344 e. The lowest BCUT2D eigenvalue weighted by Crippen LogP contribution is -2.15. The summed E-state index contributed by atoms with van der Waals surface area (Å²) in [6, 6.07) is 13.5. The van der Waals surface area contributed by atoms with Crippen molar-refractivity contribution in [2.75, 3.05) is 6.61 Å². The minimum absolute atomic E-state index is 0.0388. The van der Waals surface area contributed by atoms with Gasteiger partial charge in [-0.2, -0.15) is 0 Å². The van der Waals surface area contributed by atoms with Gasteiger partial charge in [0.15, 0.2) is 6.61 Å². The normalized spacial score (nSPS) is 10.6. The van der Waals surface area contributed by atoms with Crippen LogP contribution in [0.2, 0.25) is 5.02 Å². The van der Waals surface area contributed by atoms with Crippen LogP contribution in [0, 0.1) is 6.92 Å². The molecule has 3 aromatic rings. The second kappa shape index (κ2) is 7.40. The van der Waals surface area contributed by atoms with Gasteiger partial charge in [-0.15, -0.1) is 0 Å². The van der Waals surface area contributed by atoms with Gasteiger partial charge < -0.3 is 13.9 Å². The van der Waals surface area contributed by atoms with E-state index in [1.54, 1.807) is 30.3 Å². The molecule has 0 saturated carbocycles. The average Bonchev–Trinajstić information content (AvgIpc) is 2.57. The molecule has 0 unspecified atom stereocenters. The summed E-state index contributed by atoms with van der Waals surface area (Å²) < 4.78 is 15.7. The van der Waals surface area contributed by atoms with Crippen LogP contribution in [0.5, 0.6) is 5.75 Å². The minimum atomic E-state index is -0.548. The monoisotopic (exact) mass is 358 g/mol. The molecule has 25 heavy (non-hydrogen) atoms. The highest BCUT2D eigenvalue weighted by Crippen LogP contribution is 2.20. The van der Waals surface area contributed by atoms with Crippen LogP contribution in [-0.2, 0) is 16.1 Å². The molecule has 1 aromatic heterocycles. The SMILES string of the molecule is Cc1ccc2c(COC(=O)COc3cccc(Cl)c3)cc(=O)oc2c1. The summed E-state index contributed by atoms with van der Waals surface area (Å²) in [5.41, 5.74) is 1.54. The Morgan fingerprint density at radius 2 is 2.00 bits per heavy atom. The maximum atomic E-state index is 11.9. The van der Waals surface area contributed by atoms with Crippen molar-refractivity contribution in [3.05, 3.63) is 75.1 Å². The first-order valence-electron chi connectivity index (χ1n) is 7.58. The lowest BCUT2D eigenvalue weighted by atomic mass is 10.1. The zero-order chi connectivity index (χ0) is 17.8. The number of ether oxygens (including phenoxy) is 2. The fourth-order valence-corrected chi connectivity index (χ4v) is 2.54. The van der Waals surface area contributed by atoms with E-state index in [0.29, 0.717) is 21.9 Å². The fourth-order valence-electron chi connectivity index (χ4n) is 2.36. The standard InChI is InChI=1S/C19H15ClO5/c1-12-5-6-16-13(8-18(21)25-17(16)7-12)10-24-19(22)11-23-15-4-2-3-14(20)9-15/h2-9H,10-11H2,1H3. The van der Waals surface area contributed by atoms with Crippen molar-refractivity contribution in [2.45, 2.75) is 13.5 Å².